The maximum atomic E-state index is 12.3. The minimum Gasteiger partial charge on any atom is -0.399 e. The van der Waals surface area contributed by atoms with Crippen molar-refractivity contribution in [2.75, 3.05) is 24.1 Å². The van der Waals surface area contributed by atoms with Gasteiger partial charge >= 0.3 is 0 Å². The lowest BCUT2D eigenvalue weighted by Crippen LogP contribution is -2.29. The highest BCUT2D eigenvalue weighted by atomic mass is 35.5. The molecule has 1 aromatic carbocycles. The number of thiazole rings is 1. The van der Waals surface area contributed by atoms with E-state index in [1.54, 1.807) is 18.2 Å². The number of piperidine rings is 1. The fourth-order valence-corrected chi connectivity index (χ4v) is 3.63. The zero-order chi connectivity index (χ0) is 16.2. The monoisotopic (exact) mass is 350 g/mol. The van der Waals surface area contributed by atoms with Crippen LogP contribution in [-0.4, -0.2) is 28.9 Å². The van der Waals surface area contributed by atoms with E-state index in [1.165, 1.54) is 30.6 Å². The number of halogens is 1. The molecule has 2 aromatic rings. The summed E-state index contributed by atoms with van der Waals surface area (Å²) in [6.07, 6.45) is 3.82. The Morgan fingerprint density at radius 1 is 1.35 bits per heavy atom. The summed E-state index contributed by atoms with van der Waals surface area (Å²) < 4.78 is 0. The van der Waals surface area contributed by atoms with E-state index in [-0.39, 0.29) is 5.91 Å². The van der Waals surface area contributed by atoms with E-state index in [1.807, 2.05) is 5.38 Å². The Bertz CT molecular complexity index is 697. The molecule has 23 heavy (non-hydrogen) atoms. The number of carbonyl (C=O) groups is 1. The number of aromatic nitrogens is 1. The van der Waals surface area contributed by atoms with Gasteiger partial charge in [0.15, 0.2) is 5.13 Å². The summed E-state index contributed by atoms with van der Waals surface area (Å²) in [4.78, 5) is 19.2. The van der Waals surface area contributed by atoms with Crippen molar-refractivity contribution in [3.8, 4) is 0 Å². The number of nitrogens with one attached hydrogen (secondary N) is 1. The Balaban J connectivity index is 1.62. The number of anilines is 2. The van der Waals surface area contributed by atoms with Crippen LogP contribution in [-0.2, 0) is 6.54 Å². The van der Waals surface area contributed by atoms with Crippen molar-refractivity contribution in [3.05, 3.63) is 39.9 Å². The van der Waals surface area contributed by atoms with Gasteiger partial charge in [0.25, 0.3) is 5.91 Å². The summed E-state index contributed by atoms with van der Waals surface area (Å²) in [5, 5.41) is 5.73. The lowest BCUT2D eigenvalue weighted by molar-refractivity contribution is 0.102. The Labute approximate surface area is 144 Å². The fraction of sp³-hybridized carbons (Fsp3) is 0.375. The molecule has 122 valence electrons. The second kappa shape index (κ2) is 7.29. The molecule has 1 aliphatic heterocycles. The van der Waals surface area contributed by atoms with Crippen molar-refractivity contribution in [2.45, 2.75) is 25.8 Å². The second-order valence-corrected chi connectivity index (χ2v) is 6.94. The van der Waals surface area contributed by atoms with Crippen molar-refractivity contribution in [1.82, 2.24) is 9.88 Å². The molecule has 2 heterocycles. The highest BCUT2D eigenvalue weighted by Crippen LogP contribution is 2.23. The number of hydrogen-bond acceptors (Lipinski definition) is 5. The third kappa shape index (κ3) is 4.22. The van der Waals surface area contributed by atoms with E-state index in [0.717, 1.165) is 25.3 Å². The van der Waals surface area contributed by atoms with Gasteiger partial charge in [-0.3, -0.25) is 15.0 Å². The Morgan fingerprint density at radius 2 is 2.13 bits per heavy atom. The number of nitrogens with two attached hydrogens (primary N) is 1. The Morgan fingerprint density at radius 3 is 2.87 bits per heavy atom. The third-order valence-corrected chi connectivity index (χ3v) is 4.96. The molecule has 1 fully saturated rings. The summed E-state index contributed by atoms with van der Waals surface area (Å²) in [7, 11) is 0. The highest BCUT2D eigenvalue weighted by Gasteiger charge is 2.15. The summed E-state index contributed by atoms with van der Waals surface area (Å²) >= 11 is 7.49. The zero-order valence-electron chi connectivity index (χ0n) is 12.7. The van der Waals surface area contributed by atoms with E-state index in [4.69, 9.17) is 17.3 Å². The summed E-state index contributed by atoms with van der Waals surface area (Å²) in [6, 6.07) is 4.85. The normalized spacial score (nSPS) is 15.5. The van der Waals surface area contributed by atoms with Gasteiger partial charge in [-0.25, -0.2) is 4.98 Å². The molecule has 0 aliphatic carbocycles. The van der Waals surface area contributed by atoms with Crippen molar-refractivity contribution >= 4 is 39.7 Å². The lowest BCUT2D eigenvalue weighted by Gasteiger charge is -2.25. The number of amides is 1. The molecule has 3 rings (SSSR count). The van der Waals surface area contributed by atoms with Gasteiger partial charge in [0.1, 0.15) is 0 Å². The van der Waals surface area contributed by atoms with Gasteiger partial charge in [0, 0.05) is 17.6 Å². The molecule has 1 aliphatic rings. The Hall–Kier alpha value is -1.63. The molecule has 5 nitrogen and oxygen atoms in total. The summed E-state index contributed by atoms with van der Waals surface area (Å²) in [5.74, 6) is -0.270. The topological polar surface area (TPSA) is 71.2 Å². The number of nitrogen functional groups attached to an aromatic ring is 1. The first-order chi connectivity index (χ1) is 11.1. The van der Waals surface area contributed by atoms with Crippen LogP contribution in [0, 0.1) is 0 Å². The van der Waals surface area contributed by atoms with Crippen LogP contribution in [0.4, 0.5) is 10.8 Å². The number of nitrogens with zero attached hydrogens (tertiary/aromatic N) is 2. The van der Waals surface area contributed by atoms with Crippen molar-refractivity contribution in [3.63, 3.8) is 0 Å². The highest BCUT2D eigenvalue weighted by molar-refractivity contribution is 7.14. The smallest absolute Gasteiger partial charge is 0.258 e. The molecule has 0 radical (unpaired) electrons. The number of rotatable bonds is 4. The SMILES string of the molecule is Nc1ccc(C(=O)Nc2nc(CN3CCCCC3)cs2)c(Cl)c1. The van der Waals surface area contributed by atoms with Gasteiger partial charge in [-0.15, -0.1) is 11.3 Å². The minimum absolute atomic E-state index is 0.270. The van der Waals surface area contributed by atoms with E-state index in [2.05, 4.69) is 15.2 Å². The average molecular weight is 351 g/mol. The van der Waals surface area contributed by atoms with Gasteiger partial charge in [-0.2, -0.15) is 0 Å². The molecule has 1 amide bonds. The molecule has 0 unspecified atom stereocenters. The van der Waals surface area contributed by atoms with Crippen molar-refractivity contribution in [1.29, 1.82) is 0 Å². The van der Waals surface area contributed by atoms with Gasteiger partial charge in [-0.05, 0) is 44.1 Å². The Kier molecular flexibility index (Phi) is 5.15. The first-order valence-corrected chi connectivity index (χ1v) is 8.91. The molecule has 7 heteroatoms. The summed E-state index contributed by atoms with van der Waals surface area (Å²) in [5.41, 5.74) is 7.57. The van der Waals surface area contributed by atoms with Crippen LogP contribution < -0.4 is 11.1 Å². The van der Waals surface area contributed by atoms with Crippen LogP contribution in [0.3, 0.4) is 0 Å². The summed E-state index contributed by atoms with van der Waals surface area (Å²) in [6.45, 7) is 3.09. The zero-order valence-corrected chi connectivity index (χ0v) is 14.3. The number of likely N-dealkylation sites (tertiary alicyclic amines) is 1. The molecule has 0 saturated carbocycles. The maximum absolute atomic E-state index is 12.3. The predicted octanol–water partition coefficient (Wildman–Crippen LogP) is 3.62. The van der Waals surface area contributed by atoms with E-state index in [0.29, 0.717) is 21.4 Å². The van der Waals surface area contributed by atoms with E-state index >= 15 is 0 Å². The van der Waals surface area contributed by atoms with Crippen LogP contribution >= 0.6 is 22.9 Å². The van der Waals surface area contributed by atoms with Crippen molar-refractivity contribution < 1.29 is 4.79 Å². The molecule has 1 saturated heterocycles. The number of hydrogen-bond donors (Lipinski definition) is 2. The van der Waals surface area contributed by atoms with E-state index < -0.39 is 0 Å². The second-order valence-electron chi connectivity index (χ2n) is 5.67. The van der Waals surface area contributed by atoms with Crippen LogP contribution in [0.15, 0.2) is 23.6 Å². The lowest BCUT2D eigenvalue weighted by atomic mass is 10.1. The quantitative estimate of drug-likeness (QED) is 0.826. The van der Waals surface area contributed by atoms with Gasteiger partial charge in [0.2, 0.25) is 0 Å². The molecule has 0 bridgehead atoms. The van der Waals surface area contributed by atoms with Crippen LogP contribution in [0.2, 0.25) is 5.02 Å². The first-order valence-electron chi connectivity index (χ1n) is 7.65. The van der Waals surface area contributed by atoms with Crippen molar-refractivity contribution in [2.24, 2.45) is 0 Å². The van der Waals surface area contributed by atoms with Crippen LogP contribution in [0.5, 0.6) is 0 Å². The molecular weight excluding hydrogens is 332 g/mol. The minimum atomic E-state index is -0.270. The average Bonchev–Trinajstić information content (AvgIpc) is 2.95. The van der Waals surface area contributed by atoms with Crippen LogP contribution in [0.25, 0.3) is 0 Å². The first kappa shape index (κ1) is 16.2. The molecule has 0 spiro atoms. The number of carbonyl (C=O) groups excluding carboxylic acids is 1. The van der Waals surface area contributed by atoms with Gasteiger partial charge < -0.3 is 5.73 Å². The molecule has 0 atom stereocenters. The number of benzene rings is 1. The van der Waals surface area contributed by atoms with Gasteiger partial charge in [0.05, 0.1) is 16.3 Å². The third-order valence-electron chi connectivity index (χ3n) is 3.84. The standard InChI is InChI=1S/C16H19ClN4OS/c17-14-8-11(18)4-5-13(14)15(22)20-16-19-12(10-23-16)9-21-6-2-1-3-7-21/h4-5,8,10H,1-3,6-7,9,18H2,(H,19,20,22). The molecular formula is C16H19ClN4OS. The maximum Gasteiger partial charge on any atom is 0.258 e. The van der Waals surface area contributed by atoms with E-state index in [9.17, 15) is 4.79 Å². The fourth-order valence-electron chi connectivity index (χ4n) is 2.66. The molecule has 1 aromatic heterocycles. The predicted molar refractivity (Wildman–Crippen MR) is 95.1 cm³/mol. The van der Waals surface area contributed by atoms with Gasteiger partial charge in [-0.1, -0.05) is 18.0 Å². The largest absolute Gasteiger partial charge is 0.399 e. The van der Waals surface area contributed by atoms with Crippen LogP contribution in [0.1, 0.15) is 35.3 Å². The molecule has 3 N–H and O–H groups in total.